The molecule has 1 aromatic carbocycles. The Morgan fingerprint density at radius 1 is 1.47 bits per heavy atom. The highest BCUT2D eigenvalue weighted by Gasteiger charge is 2.16. The number of carbonyl (C=O) groups excluding carboxylic acids is 1. The van der Waals surface area contributed by atoms with Gasteiger partial charge >= 0.3 is 0 Å². The number of para-hydroxylation sites is 1. The van der Waals surface area contributed by atoms with Gasteiger partial charge in [0, 0.05) is 22.6 Å². The number of aliphatic hydroxyl groups is 1. The van der Waals surface area contributed by atoms with Crippen molar-refractivity contribution < 1.29 is 9.90 Å². The van der Waals surface area contributed by atoms with Gasteiger partial charge in [0.2, 0.25) is 0 Å². The van der Waals surface area contributed by atoms with Gasteiger partial charge in [-0.2, -0.15) is 0 Å². The number of H-pyrrole nitrogens is 1. The molecule has 90 valence electrons. The third kappa shape index (κ3) is 2.17. The van der Waals surface area contributed by atoms with E-state index in [0.717, 1.165) is 16.6 Å². The van der Waals surface area contributed by atoms with Crippen LogP contribution >= 0.6 is 0 Å². The molecule has 0 bridgehead atoms. The summed E-state index contributed by atoms with van der Waals surface area (Å²) in [6.45, 7) is 3.58. The summed E-state index contributed by atoms with van der Waals surface area (Å²) in [6.07, 6.45) is 0. The molecule has 0 aliphatic rings. The molecule has 1 aromatic heterocycles. The lowest BCUT2D eigenvalue weighted by atomic mass is 10.1. The standard InChI is InChI=1S/C13H16N2O2/c1-8(7-16)14-13(17)12-9(2)15-11-6-4-3-5-10(11)12/h3-6,8,15-16H,7H2,1-2H3,(H,14,17)/t8-/m1/s1. The SMILES string of the molecule is Cc1[nH]c2ccccc2c1C(=O)N[C@H](C)CO. The van der Waals surface area contributed by atoms with Crippen LogP contribution in [0.3, 0.4) is 0 Å². The Morgan fingerprint density at radius 2 is 2.18 bits per heavy atom. The van der Waals surface area contributed by atoms with Gasteiger partial charge in [0.1, 0.15) is 0 Å². The first-order chi connectivity index (χ1) is 8.13. The highest BCUT2D eigenvalue weighted by atomic mass is 16.3. The van der Waals surface area contributed by atoms with Crippen molar-refractivity contribution in [3.8, 4) is 0 Å². The van der Waals surface area contributed by atoms with E-state index in [1.807, 2.05) is 31.2 Å². The smallest absolute Gasteiger partial charge is 0.254 e. The number of hydrogen-bond donors (Lipinski definition) is 3. The van der Waals surface area contributed by atoms with Gasteiger partial charge in [-0.3, -0.25) is 4.79 Å². The molecular weight excluding hydrogens is 216 g/mol. The number of nitrogens with one attached hydrogen (secondary N) is 2. The Hall–Kier alpha value is -1.81. The van der Waals surface area contributed by atoms with Gasteiger partial charge in [-0.15, -0.1) is 0 Å². The maximum atomic E-state index is 12.1. The van der Waals surface area contributed by atoms with Crippen LogP contribution in [-0.2, 0) is 0 Å². The Balaban J connectivity index is 2.41. The molecule has 3 N–H and O–H groups in total. The van der Waals surface area contributed by atoms with Crippen LogP contribution in [0.15, 0.2) is 24.3 Å². The fourth-order valence-corrected chi connectivity index (χ4v) is 1.91. The topological polar surface area (TPSA) is 65.1 Å². The molecule has 2 aromatic rings. The van der Waals surface area contributed by atoms with Gasteiger partial charge in [-0.1, -0.05) is 18.2 Å². The van der Waals surface area contributed by atoms with Crippen LogP contribution in [0.2, 0.25) is 0 Å². The zero-order valence-electron chi connectivity index (χ0n) is 9.95. The first kappa shape index (κ1) is 11.7. The van der Waals surface area contributed by atoms with E-state index in [-0.39, 0.29) is 18.6 Å². The zero-order valence-corrected chi connectivity index (χ0v) is 9.95. The van der Waals surface area contributed by atoms with Crippen LogP contribution in [0.4, 0.5) is 0 Å². The van der Waals surface area contributed by atoms with Crippen LogP contribution < -0.4 is 5.32 Å². The van der Waals surface area contributed by atoms with E-state index in [1.54, 1.807) is 6.92 Å². The number of carbonyl (C=O) groups is 1. The molecule has 0 radical (unpaired) electrons. The molecule has 4 nitrogen and oxygen atoms in total. The fourth-order valence-electron chi connectivity index (χ4n) is 1.91. The van der Waals surface area contributed by atoms with Crippen LogP contribution in [0.25, 0.3) is 10.9 Å². The summed E-state index contributed by atoms with van der Waals surface area (Å²) in [6, 6.07) is 7.44. The molecule has 4 heteroatoms. The quantitative estimate of drug-likeness (QED) is 0.752. The summed E-state index contributed by atoms with van der Waals surface area (Å²) >= 11 is 0. The lowest BCUT2D eigenvalue weighted by Gasteiger charge is -2.10. The van der Waals surface area contributed by atoms with Crippen LogP contribution in [0.1, 0.15) is 23.0 Å². The van der Waals surface area contributed by atoms with Crippen LogP contribution in [-0.4, -0.2) is 28.6 Å². The molecule has 1 heterocycles. The first-order valence-corrected chi connectivity index (χ1v) is 5.62. The summed E-state index contributed by atoms with van der Waals surface area (Å²) in [4.78, 5) is 15.2. The largest absolute Gasteiger partial charge is 0.394 e. The number of aryl methyl sites for hydroxylation is 1. The molecular formula is C13H16N2O2. The number of aromatic amines is 1. The van der Waals surface area contributed by atoms with Crippen molar-refractivity contribution in [2.45, 2.75) is 19.9 Å². The molecule has 0 saturated carbocycles. The van der Waals surface area contributed by atoms with Gasteiger partial charge in [-0.05, 0) is 19.9 Å². The molecule has 0 aliphatic heterocycles. The number of hydrogen-bond acceptors (Lipinski definition) is 2. The number of fused-ring (bicyclic) bond motifs is 1. The zero-order chi connectivity index (χ0) is 12.4. The van der Waals surface area contributed by atoms with Crippen molar-refractivity contribution in [2.24, 2.45) is 0 Å². The van der Waals surface area contributed by atoms with E-state index >= 15 is 0 Å². The summed E-state index contributed by atoms with van der Waals surface area (Å²) in [5, 5.41) is 12.6. The van der Waals surface area contributed by atoms with Crippen molar-refractivity contribution in [1.29, 1.82) is 0 Å². The molecule has 0 unspecified atom stereocenters. The van der Waals surface area contributed by atoms with Crippen LogP contribution in [0.5, 0.6) is 0 Å². The molecule has 0 spiro atoms. The monoisotopic (exact) mass is 232 g/mol. The number of benzene rings is 1. The van der Waals surface area contributed by atoms with Crippen molar-refractivity contribution in [2.75, 3.05) is 6.61 Å². The second-order valence-electron chi connectivity index (χ2n) is 4.23. The number of aromatic nitrogens is 1. The minimum Gasteiger partial charge on any atom is -0.394 e. The highest BCUT2D eigenvalue weighted by molar-refractivity contribution is 6.08. The number of aliphatic hydroxyl groups excluding tert-OH is 1. The predicted octanol–water partition coefficient (Wildman–Crippen LogP) is 1.59. The Kier molecular flexibility index (Phi) is 3.15. The van der Waals surface area contributed by atoms with Crippen molar-refractivity contribution in [3.63, 3.8) is 0 Å². The minimum absolute atomic E-state index is 0.0624. The van der Waals surface area contributed by atoms with Gasteiger partial charge in [0.25, 0.3) is 5.91 Å². The Bertz CT molecular complexity index is 545. The molecule has 1 atom stereocenters. The fraction of sp³-hybridized carbons (Fsp3) is 0.308. The summed E-state index contributed by atoms with van der Waals surface area (Å²) in [5.41, 5.74) is 2.45. The van der Waals surface area contributed by atoms with E-state index in [2.05, 4.69) is 10.3 Å². The van der Waals surface area contributed by atoms with Gasteiger partial charge in [0.05, 0.1) is 12.2 Å². The maximum absolute atomic E-state index is 12.1. The minimum atomic E-state index is -0.240. The lowest BCUT2D eigenvalue weighted by molar-refractivity contribution is 0.0923. The first-order valence-electron chi connectivity index (χ1n) is 5.62. The molecule has 2 rings (SSSR count). The average molecular weight is 232 g/mol. The van der Waals surface area contributed by atoms with Crippen molar-refractivity contribution in [1.82, 2.24) is 10.3 Å². The molecule has 0 fully saturated rings. The van der Waals surface area contributed by atoms with Crippen molar-refractivity contribution in [3.05, 3.63) is 35.5 Å². The highest BCUT2D eigenvalue weighted by Crippen LogP contribution is 2.21. The predicted molar refractivity (Wildman–Crippen MR) is 67.0 cm³/mol. The van der Waals surface area contributed by atoms with Crippen molar-refractivity contribution >= 4 is 16.8 Å². The van der Waals surface area contributed by atoms with E-state index in [0.29, 0.717) is 5.56 Å². The van der Waals surface area contributed by atoms with E-state index in [9.17, 15) is 4.79 Å². The number of rotatable bonds is 3. The maximum Gasteiger partial charge on any atom is 0.254 e. The second-order valence-corrected chi connectivity index (χ2v) is 4.23. The average Bonchev–Trinajstić information content (AvgIpc) is 2.64. The van der Waals surface area contributed by atoms with Crippen LogP contribution in [0, 0.1) is 6.92 Å². The summed E-state index contributed by atoms with van der Waals surface area (Å²) in [7, 11) is 0. The third-order valence-electron chi connectivity index (χ3n) is 2.77. The summed E-state index contributed by atoms with van der Waals surface area (Å²) in [5.74, 6) is -0.151. The van der Waals surface area contributed by atoms with Gasteiger partial charge in [-0.25, -0.2) is 0 Å². The summed E-state index contributed by atoms with van der Waals surface area (Å²) < 4.78 is 0. The van der Waals surface area contributed by atoms with Gasteiger partial charge in [0.15, 0.2) is 0 Å². The van der Waals surface area contributed by atoms with E-state index in [4.69, 9.17) is 5.11 Å². The Labute approximate surface area is 99.7 Å². The van der Waals surface area contributed by atoms with E-state index < -0.39 is 0 Å². The molecule has 1 amide bonds. The molecule has 0 saturated heterocycles. The van der Waals surface area contributed by atoms with E-state index in [1.165, 1.54) is 0 Å². The second kappa shape index (κ2) is 4.59. The number of amides is 1. The van der Waals surface area contributed by atoms with Gasteiger partial charge < -0.3 is 15.4 Å². The molecule has 0 aliphatic carbocycles. The lowest BCUT2D eigenvalue weighted by Crippen LogP contribution is -2.35. The Morgan fingerprint density at radius 3 is 2.88 bits per heavy atom. The molecule has 17 heavy (non-hydrogen) atoms. The third-order valence-corrected chi connectivity index (χ3v) is 2.77. The normalized spacial score (nSPS) is 12.6.